The average Bonchev–Trinajstić information content (AvgIpc) is 2.94. The number of aryl methyl sites for hydroxylation is 1. The van der Waals surface area contributed by atoms with Gasteiger partial charge in [-0.25, -0.2) is 12.8 Å². The Kier molecular flexibility index (Phi) is 9.41. The summed E-state index contributed by atoms with van der Waals surface area (Å²) < 4.78 is 48.2. The molecule has 3 aromatic rings. The highest BCUT2D eigenvalue weighted by Crippen LogP contribution is 2.47. The number of nitrogens with one attached hydrogen (secondary N) is 1. The first kappa shape index (κ1) is 31.9. The number of anilines is 1. The summed E-state index contributed by atoms with van der Waals surface area (Å²) in [5.41, 5.74) is 0.675. The van der Waals surface area contributed by atoms with E-state index in [1.54, 1.807) is 36.4 Å². The molecule has 1 N–H and O–H groups in total. The lowest BCUT2D eigenvalue weighted by atomic mass is 9.65. The number of hydrogen-bond donors (Lipinski definition) is 1. The Morgan fingerprint density at radius 1 is 1.05 bits per heavy atom. The third kappa shape index (κ3) is 7.49. The van der Waals surface area contributed by atoms with Crippen molar-refractivity contribution in [3.63, 3.8) is 0 Å². The van der Waals surface area contributed by atoms with Crippen LogP contribution < -0.4 is 4.72 Å². The normalized spacial score (nSPS) is 19.8. The lowest BCUT2D eigenvalue weighted by molar-refractivity contribution is -0.182. The van der Waals surface area contributed by atoms with E-state index in [0.29, 0.717) is 30.4 Å². The lowest BCUT2D eigenvalue weighted by Gasteiger charge is -2.44. The van der Waals surface area contributed by atoms with Gasteiger partial charge in [0.1, 0.15) is 17.3 Å². The summed E-state index contributed by atoms with van der Waals surface area (Å²) in [6.07, 6.45) is 2.32. The summed E-state index contributed by atoms with van der Waals surface area (Å²) in [7, 11) is -3.95. The highest BCUT2D eigenvalue weighted by molar-refractivity contribution is 7.92. The average molecular weight is 605 g/mol. The van der Waals surface area contributed by atoms with Crippen LogP contribution in [0.4, 0.5) is 10.1 Å². The molecule has 0 spiro atoms. The fourth-order valence-electron chi connectivity index (χ4n) is 5.99. The number of hydrogen-bond acceptors (Lipinski definition) is 6. The smallest absolute Gasteiger partial charge is 0.317 e. The van der Waals surface area contributed by atoms with Crippen LogP contribution in [-0.4, -0.2) is 25.8 Å². The molecule has 1 saturated heterocycles. The van der Waals surface area contributed by atoms with Gasteiger partial charge in [-0.05, 0) is 84.3 Å². The molecule has 1 aliphatic rings. The number of nitriles is 1. The maximum Gasteiger partial charge on any atom is 0.317 e. The monoisotopic (exact) mass is 604 g/mol. The van der Waals surface area contributed by atoms with E-state index in [1.807, 2.05) is 33.8 Å². The minimum Gasteiger partial charge on any atom is -0.458 e. The molecule has 0 radical (unpaired) electrons. The van der Waals surface area contributed by atoms with Crippen LogP contribution >= 0.6 is 0 Å². The third-order valence-corrected chi connectivity index (χ3v) is 9.36. The number of esters is 1. The molecule has 3 unspecified atom stereocenters. The van der Waals surface area contributed by atoms with Crippen LogP contribution in [0, 0.1) is 28.5 Å². The van der Waals surface area contributed by atoms with Gasteiger partial charge in [-0.2, -0.15) is 5.26 Å². The first-order valence-electron chi connectivity index (χ1n) is 14.4. The highest BCUT2D eigenvalue weighted by atomic mass is 32.2. The van der Waals surface area contributed by atoms with Gasteiger partial charge < -0.3 is 4.74 Å². The zero-order chi connectivity index (χ0) is 31.4. The summed E-state index contributed by atoms with van der Waals surface area (Å²) in [4.78, 5) is 27.6. The van der Waals surface area contributed by atoms with Gasteiger partial charge in [0.15, 0.2) is 5.78 Å². The molecule has 1 heterocycles. The molecule has 0 bridgehead atoms. The molecule has 7 nitrogen and oxygen atoms in total. The van der Waals surface area contributed by atoms with Crippen LogP contribution in [-0.2, 0) is 30.8 Å². The van der Waals surface area contributed by atoms with Gasteiger partial charge in [0.2, 0.25) is 0 Å². The number of Topliss-reactive ketones (excluding diaryl/α,β-unsaturated/α-hetero) is 1. The number of sulfonamides is 1. The van der Waals surface area contributed by atoms with Crippen molar-refractivity contribution in [2.24, 2.45) is 11.3 Å². The summed E-state index contributed by atoms with van der Waals surface area (Å²) in [6.45, 7) is 7.79. The maximum atomic E-state index is 13.9. The molecule has 1 aliphatic heterocycles. The van der Waals surface area contributed by atoms with Crippen LogP contribution in [0.25, 0.3) is 0 Å². The Morgan fingerprint density at radius 3 is 2.30 bits per heavy atom. The van der Waals surface area contributed by atoms with Crippen molar-refractivity contribution in [1.82, 2.24) is 0 Å². The van der Waals surface area contributed by atoms with Crippen LogP contribution in [0.3, 0.4) is 0 Å². The summed E-state index contributed by atoms with van der Waals surface area (Å²) in [6, 6.07) is 20.5. The Labute approximate surface area is 253 Å². The second-order valence-electron chi connectivity index (χ2n) is 12.3. The topological polar surface area (TPSA) is 113 Å². The molecular weight excluding hydrogens is 567 g/mol. The van der Waals surface area contributed by atoms with Crippen molar-refractivity contribution in [2.45, 2.75) is 76.2 Å². The van der Waals surface area contributed by atoms with Crippen molar-refractivity contribution in [1.29, 1.82) is 5.26 Å². The summed E-state index contributed by atoms with van der Waals surface area (Å²) in [5.74, 6) is -2.74. The minimum absolute atomic E-state index is 0.00297. The van der Waals surface area contributed by atoms with E-state index in [9.17, 15) is 22.4 Å². The highest BCUT2D eigenvalue weighted by Gasteiger charge is 2.51. The largest absolute Gasteiger partial charge is 0.458 e. The SMILES string of the molecule is CCCC1(CCc2ccc(F)cc2)CC(=O)C(C(c2cccc(NS(=O)(=O)c3ccc(C#N)cc3)c2)C(C)(C)C)C(=O)O1. The molecule has 43 heavy (non-hydrogen) atoms. The van der Waals surface area contributed by atoms with Gasteiger partial charge in [0, 0.05) is 18.0 Å². The fraction of sp³-hybridized carbons (Fsp3) is 0.382. The van der Waals surface area contributed by atoms with Gasteiger partial charge >= 0.3 is 5.97 Å². The molecule has 3 atom stereocenters. The van der Waals surface area contributed by atoms with E-state index in [0.717, 1.165) is 12.0 Å². The number of ketones is 1. The van der Waals surface area contributed by atoms with Crippen molar-refractivity contribution in [3.05, 3.63) is 95.3 Å². The van der Waals surface area contributed by atoms with Crippen LogP contribution in [0.2, 0.25) is 0 Å². The Bertz CT molecular complexity index is 1600. The molecular formula is C34H37FN2O5S. The van der Waals surface area contributed by atoms with E-state index < -0.39 is 38.8 Å². The van der Waals surface area contributed by atoms with Gasteiger partial charge in [-0.15, -0.1) is 0 Å². The van der Waals surface area contributed by atoms with Crippen LogP contribution in [0.5, 0.6) is 0 Å². The molecule has 0 saturated carbocycles. The number of ether oxygens (including phenoxy) is 1. The number of nitrogens with zero attached hydrogens (tertiary/aromatic N) is 1. The van der Waals surface area contributed by atoms with Crippen LogP contribution in [0.15, 0.2) is 77.7 Å². The number of rotatable bonds is 10. The Morgan fingerprint density at radius 2 is 1.72 bits per heavy atom. The Balaban J connectivity index is 1.60. The number of benzene rings is 3. The predicted octanol–water partition coefficient (Wildman–Crippen LogP) is 6.93. The van der Waals surface area contributed by atoms with E-state index in [2.05, 4.69) is 4.72 Å². The van der Waals surface area contributed by atoms with Crippen LogP contribution in [0.1, 0.15) is 76.0 Å². The second-order valence-corrected chi connectivity index (χ2v) is 14.0. The molecule has 3 aromatic carbocycles. The molecule has 0 aliphatic carbocycles. The second kappa shape index (κ2) is 12.7. The van der Waals surface area contributed by atoms with E-state index in [1.165, 1.54) is 36.4 Å². The van der Waals surface area contributed by atoms with Gasteiger partial charge in [-0.3, -0.25) is 14.3 Å². The molecule has 226 valence electrons. The fourth-order valence-corrected chi connectivity index (χ4v) is 7.04. The maximum absolute atomic E-state index is 13.9. The quantitative estimate of drug-likeness (QED) is 0.198. The zero-order valence-electron chi connectivity index (χ0n) is 24.9. The summed E-state index contributed by atoms with van der Waals surface area (Å²) in [5, 5.41) is 9.01. The molecule has 9 heteroatoms. The van der Waals surface area contributed by atoms with Gasteiger partial charge in [0.25, 0.3) is 10.0 Å². The zero-order valence-corrected chi connectivity index (χ0v) is 25.7. The molecule has 0 aromatic heterocycles. The lowest BCUT2D eigenvalue weighted by Crippen LogP contribution is -2.51. The molecule has 0 amide bonds. The third-order valence-electron chi connectivity index (χ3n) is 7.96. The van der Waals surface area contributed by atoms with Crippen molar-refractivity contribution in [2.75, 3.05) is 4.72 Å². The standard InChI is InChI=1S/C34H37FN2O5S/c1-5-18-34(19-17-23-9-13-26(35)14-10-23)21-29(38)30(32(39)42-34)31(33(2,3)4)25-7-6-8-27(20-25)37-43(40,41)28-15-11-24(22-36)12-16-28/h6-16,20,30-31,37H,5,17-19,21H2,1-4H3. The Hall–Kier alpha value is -4.03. The summed E-state index contributed by atoms with van der Waals surface area (Å²) >= 11 is 0. The van der Waals surface area contributed by atoms with E-state index in [4.69, 9.17) is 10.00 Å². The number of carbonyl (C=O) groups is 2. The first-order chi connectivity index (χ1) is 20.3. The van der Waals surface area contributed by atoms with Gasteiger partial charge in [0.05, 0.1) is 16.5 Å². The number of cyclic esters (lactones) is 1. The minimum atomic E-state index is -3.95. The molecule has 1 fully saturated rings. The molecule has 4 rings (SSSR count). The van der Waals surface area contributed by atoms with E-state index in [-0.39, 0.29) is 28.6 Å². The number of halogens is 1. The van der Waals surface area contributed by atoms with Crippen molar-refractivity contribution < 1.29 is 27.1 Å². The first-order valence-corrected chi connectivity index (χ1v) is 15.9. The van der Waals surface area contributed by atoms with E-state index >= 15 is 0 Å². The van der Waals surface area contributed by atoms with Crippen molar-refractivity contribution >= 4 is 27.5 Å². The van der Waals surface area contributed by atoms with Crippen molar-refractivity contribution in [3.8, 4) is 6.07 Å². The number of carbonyl (C=O) groups excluding carboxylic acids is 2. The predicted molar refractivity (Wildman–Crippen MR) is 162 cm³/mol. The van der Waals surface area contributed by atoms with Gasteiger partial charge in [-0.1, -0.05) is 58.4 Å².